The van der Waals surface area contributed by atoms with Crippen LogP contribution in [0.3, 0.4) is 0 Å². The van der Waals surface area contributed by atoms with Crippen LogP contribution in [0.2, 0.25) is 0 Å². The van der Waals surface area contributed by atoms with E-state index in [-0.39, 0.29) is 5.91 Å². The van der Waals surface area contributed by atoms with Gasteiger partial charge in [0, 0.05) is 31.8 Å². The predicted octanol–water partition coefficient (Wildman–Crippen LogP) is 2.57. The van der Waals surface area contributed by atoms with E-state index in [1.54, 1.807) is 44.9 Å². The van der Waals surface area contributed by atoms with Gasteiger partial charge in [0.1, 0.15) is 11.4 Å². The number of rotatable bonds is 5. The van der Waals surface area contributed by atoms with Gasteiger partial charge >= 0.3 is 6.09 Å². The van der Waals surface area contributed by atoms with Gasteiger partial charge in [-0.05, 0) is 32.9 Å². The first kappa shape index (κ1) is 17.8. The Morgan fingerprint density at radius 2 is 1.95 bits per heavy atom. The van der Waals surface area contributed by atoms with E-state index in [0.29, 0.717) is 18.8 Å². The first-order valence-electron chi connectivity index (χ1n) is 7.12. The van der Waals surface area contributed by atoms with E-state index < -0.39 is 11.7 Å². The first-order valence-corrected chi connectivity index (χ1v) is 7.12. The Morgan fingerprint density at radius 3 is 2.50 bits per heavy atom. The SMILES string of the molecule is COc1cccc(N(CCNC(=O)OC(C)(C)C)C(C)=O)c1. The summed E-state index contributed by atoms with van der Waals surface area (Å²) in [6.45, 7) is 7.51. The normalized spacial score (nSPS) is 10.8. The van der Waals surface area contributed by atoms with E-state index in [2.05, 4.69) is 5.32 Å². The van der Waals surface area contributed by atoms with Crippen molar-refractivity contribution in [1.29, 1.82) is 0 Å². The van der Waals surface area contributed by atoms with Gasteiger partial charge in [-0.25, -0.2) is 4.79 Å². The van der Waals surface area contributed by atoms with E-state index in [4.69, 9.17) is 9.47 Å². The van der Waals surface area contributed by atoms with Crippen LogP contribution in [0.25, 0.3) is 0 Å². The van der Waals surface area contributed by atoms with Crippen molar-refractivity contribution in [2.24, 2.45) is 0 Å². The van der Waals surface area contributed by atoms with Crippen LogP contribution in [0.1, 0.15) is 27.7 Å². The second-order valence-corrected chi connectivity index (χ2v) is 5.80. The average Bonchev–Trinajstić information content (AvgIpc) is 2.41. The molecule has 1 rings (SSSR count). The van der Waals surface area contributed by atoms with Crippen LogP contribution in [0.15, 0.2) is 24.3 Å². The summed E-state index contributed by atoms with van der Waals surface area (Å²) >= 11 is 0. The molecule has 1 N–H and O–H groups in total. The maximum atomic E-state index is 11.8. The third kappa shape index (κ3) is 6.03. The number of alkyl carbamates (subject to hydrolysis) is 1. The number of hydrogen-bond donors (Lipinski definition) is 1. The second-order valence-electron chi connectivity index (χ2n) is 5.80. The Bertz CT molecular complexity index is 523. The van der Waals surface area contributed by atoms with E-state index in [9.17, 15) is 9.59 Å². The van der Waals surface area contributed by atoms with Crippen molar-refractivity contribution < 1.29 is 19.1 Å². The number of amides is 2. The first-order chi connectivity index (χ1) is 10.2. The third-order valence-corrected chi connectivity index (χ3v) is 2.75. The van der Waals surface area contributed by atoms with Crippen LogP contribution in [-0.4, -0.2) is 37.8 Å². The summed E-state index contributed by atoms with van der Waals surface area (Å²) in [5.41, 5.74) is 0.176. The molecule has 0 spiro atoms. The lowest BCUT2D eigenvalue weighted by Gasteiger charge is -2.23. The Balaban J connectivity index is 2.62. The molecular formula is C16H24N2O4. The van der Waals surface area contributed by atoms with Crippen molar-refractivity contribution in [3.8, 4) is 5.75 Å². The van der Waals surface area contributed by atoms with Gasteiger partial charge in [0.05, 0.1) is 7.11 Å². The van der Waals surface area contributed by atoms with Gasteiger partial charge in [-0.1, -0.05) is 6.07 Å². The molecule has 0 atom stereocenters. The summed E-state index contributed by atoms with van der Waals surface area (Å²) in [6, 6.07) is 7.21. The maximum Gasteiger partial charge on any atom is 0.407 e. The Morgan fingerprint density at radius 1 is 1.27 bits per heavy atom. The molecule has 0 radical (unpaired) electrons. The quantitative estimate of drug-likeness (QED) is 0.908. The minimum Gasteiger partial charge on any atom is -0.497 e. The highest BCUT2D eigenvalue weighted by Crippen LogP contribution is 2.20. The molecule has 6 heteroatoms. The van der Waals surface area contributed by atoms with Gasteiger partial charge in [0.15, 0.2) is 0 Å². The smallest absolute Gasteiger partial charge is 0.407 e. The van der Waals surface area contributed by atoms with E-state index in [0.717, 1.165) is 5.69 Å². The molecule has 0 aliphatic rings. The van der Waals surface area contributed by atoms with E-state index in [1.165, 1.54) is 6.92 Å². The minimum absolute atomic E-state index is 0.112. The van der Waals surface area contributed by atoms with Crippen molar-refractivity contribution in [2.45, 2.75) is 33.3 Å². The average molecular weight is 308 g/mol. The molecule has 2 amide bonds. The summed E-state index contributed by atoms with van der Waals surface area (Å²) in [5, 5.41) is 2.64. The molecule has 122 valence electrons. The van der Waals surface area contributed by atoms with E-state index in [1.807, 2.05) is 12.1 Å². The Hall–Kier alpha value is -2.24. The topological polar surface area (TPSA) is 67.9 Å². The number of carbonyl (C=O) groups is 2. The highest BCUT2D eigenvalue weighted by molar-refractivity contribution is 5.91. The summed E-state index contributed by atoms with van der Waals surface area (Å²) in [7, 11) is 1.57. The van der Waals surface area contributed by atoms with Gasteiger partial charge in [-0.2, -0.15) is 0 Å². The van der Waals surface area contributed by atoms with Crippen LogP contribution < -0.4 is 15.0 Å². The number of nitrogens with zero attached hydrogens (tertiary/aromatic N) is 1. The molecule has 0 fully saturated rings. The molecule has 0 aromatic heterocycles. The summed E-state index contributed by atoms with van der Waals surface area (Å²) in [5.74, 6) is 0.558. The highest BCUT2D eigenvalue weighted by Gasteiger charge is 2.17. The fourth-order valence-corrected chi connectivity index (χ4v) is 1.83. The summed E-state index contributed by atoms with van der Waals surface area (Å²) in [6.07, 6.45) is -0.498. The maximum absolute atomic E-state index is 11.8. The van der Waals surface area contributed by atoms with Gasteiger partial charge in [-0.15, -0.1) is 0 Å². The predicted molar refractivity (Wildman–Crippen MR) is 85.3 cm³/mol. The lowest BCUT2D eigenvalue weighted by molar-refractivity contribution is -0.116. The molecule has 22 heavy (non-hydrogen) atoms. The fourth-order valence-electron chi connectivity index (χ4n) is 1.83. The Kier molecular flexibility index (Phi) is 6.22. The largest absolute Gasteiger partial charge is 0.497 e. The lowest BCUT2D eigenvalue weighted by atomic mass is 10.2. The van der Waals surface area contributed by atoms with E-state index >= 15 is 0 Å². The van der Waals surface area contributed by atoms with Crippen LogP contribution >= 0.6 is 0 Å². The standard InChI is InChI=1S/C16H24N2O4/c1-12(19)18(13-7-6-8-14(11-13)21-5)10-9-17-15(20)22-16(2,3)4/h6-8,11H,9-10H2,1-5H3,(H,17,20). The minimum atomic E-state index is -0.545. The van der Waals surface area contributed by atoms with Crippen molar-refractivity contribution in [3.05, 3.63) is 24.3 Å². The van der Waals surface area contributed by atoms with Gasteiger partial charge < -0.3 is 19.7 Å². The van der Waals surface area contributed by atoms with Crippen molar-refractivity contribution in [2.75, 3.05) is 25.1 Å². The molecule has 0 unspecified atom stereocenters. The molecular weight excluding hydrogens is 284 g/mol. The Labute approximate surface area is 131 Å². The number of anilines is 1. The molecule has 1 aromatic carbocycles. The molecule has 6 nitrogen and oxygen atoms in total. The highest BCUT2D eigenvalue weighted by atomic mass is 16.6. The third-order valence-electron chi connectivity index (χ3n) is 2.75. The zero-order valence-electron chi connectivity index (χ0n) is 13.8. The fraction of sp³-hybridized carbons (Fsp3) is 0.500. The molecule has 0 aliphatic carbocycles. The van der Waals surface area contributed by atoms with Crippen LogP contribution in [0, 0.1) is 0 Å². The number of carbonyl (C=O) groups excluding carboxylic acids is 2. The van der Waals surface area contributed by atoms with Crippen molar-refractivity contribution >= 4 is 17.7 Å². The number of nitrogens with one attached hydrogen (secondary N) is 1. The van der Waals surface area contributed by atoms with Crippen LogP contribution in [0.5, 0.6) is 5.75 Å². The van der Waals surface area contributed by atoms with Crippen LogP contribution in [0.4, 0.5) is 10.5 Å². The zero-order chi connectivity index (χ0) is 16.8. The molecule has 0 aliphatic heterocycles. The zero-order valence-corrected chi connectivity index (χ0v) is 13.8. The second kappa shape index (κ2) is 7.68. The lowest BCUT2D eigenvalue weighted by Crippen LogP contribution is -2.39. The molecule has 0 saturated heterocycles. The van der Waals surface area contributed by atoms with Crippen LogP contribution in [-0.2, 0) is 9.53 Å². The number of ether oxygens (including phenoxy) is 2. The van der Waals surface area contributed by atoms with Gasteiger partial charge in [-0.3, -0.25) is 4.79 Å². The molecule has 0 bridgehead atoms. The number of benzene rings is 1. The van der Waals surface area contributed by atoms with Gasteiger partial charge in [0.25, 0.3) is 0 Å². The van der Waals surface area contributed by atoms with Gasteiger partial charge in [0.2, 0.25) is 5.91 Å². The molecule has 1 aromatic rings. The molecule has 0 heterocycles. The summed E-state index contributed by atoms with van der Waals surface area (Å²) < 4.78 is 10.3. The van der Waals surface area contributed by atoms with Crippen molar-refractivity contribution in [3.63, 3.8) is 0 Å². The summed E-state index contributed by atoms with van der Waals surface area (Å²) in [4.78, 5) is 24.9. The van der Waals surface area contributed by atoms with Crippen molar-refractivity contribution in [1.82, 2.24) is 5.32 Å². The molecule has 0 saturated carbocycles. The number of hydrogen-bond acceptors (Lipinski definition) is 4. The number of methoxy groups -OCH3 is 1. The monoisotopic (exact) mass is 308 g/mol.